The molecule has 0 aromatic heterocycles. The van der Waals surface area contributed by atoms with E-state index in [9.17, 15) is 4.79 Å². The van der Waals surface area contributed by atoms with Crippen LogP contribution in [-0.2, 0) is 6.42 Å². The van der Waals surface area contributed by atoms with Crippen LogP contribution in [0, 0.1) is 6.92 Å². The summed E-state index contributed by atoms with van der Waals surface area (Å²) < 4.78 is 5.13. The average Bonchev–Trinajstić information content (AvgIpc) is 2.52. The van der Waals surface area contributed by atoms with Crippen LogP contribution in [0.25, 0.3) is 0 Å². The Hall–Kier alpha value is -2.29. The molecule has 0 aliphatic rings. The topological polar surface area (TPSA) is 38.3 Å². The fourth-order valence-electron chi connectivity index (χ4n) is 2.17. The van der Waals surface area contributed by atoms with E-state index >= 15 is 0 Å². The molecule has 0 aliphatic heterocycles. The fraction of sp³-hybridized carbons (Fsp3) is 0.278. The summed E-state index contributed by atoms with van der Waals surface area (Å²) in [4.78, 5) is 12.0. The Labute approximate surface area is 126 Å². The van der Waals surface area contributed by atoms with E-state index in [1.54, 1.807) is 7.11 Å². The molecule has 0 atom stereocenters. The number of methoxy groups -OCH3 is 1. The van der Waals surface area contributed by atoms with Crippen LogP contribution >= 0.6 is 0 Å². The molecule has 2 aromatic carbocycles. The first-order chi connectivity index (χ1) is 10.2. The van der Waals surface area contributed by atoms with Gasteiger partial charge in [0.1, 0.15) is 5.75 Å². The minimum absolute atomic E-state index is 0.00608. The number of nitrogens with one attached hydrogen (secondary N) is 1. The molecule has 0 saturated carbocycles. The highest BCUT2D eigenvalue weighted by Crippen LogP contribution is 2.12. The second kappa shape index (κ2) is 7.48. The molecule has 0 aliphatic carbocycles. The van der Waals surface area contributed by atoms with Gasteiger partial charge in [-0.2, -0.15) is 0 Å². The summed E-state index contributed by atoms with van der Waals surface area (Å²) in [6.45, 7) is 2.67. The summed E-state index contributed by atoms with van der Waals surface area (Å²) in [6, 6.07) is 15.7. The molecule has 0 radical (unpaired) electrons. The van der Waals surface area contributed by atoms with E-state index < -0.39 is 0 Å². The molecule has 3 nitrogen and oxygen atoms in total. The Balaban J connectivity index is 1.75. The van der Waals surface area contributed by atoms with Gasteiger partial charge < -0.3 is 10.1 Å². The zero-order valence-corrected chi connectivity index (χ0v) is 12.6. The van der Waals surface area contributed by atoms with Crippen LogP contribution in [0.15, 0.2) is 48.5 Å². The van der Waals surface area contributed by atoms with E-state index in [1.165, 1.54) is 5.56 Å². The molecule has 1 amide bonds. The molecule has 110 valence electrons. The maximum Gasteiger partial charge on any atom is 0.251 e. The Bertz CT molecular complexity index is 590. The quantitative estimate of drug-likeness (QED) is 0.825. The molecule has 0 spiro atoms. The molecule has 21 heavy (non-hydrogen) atoms. The zero-order valence-electron chi connectivity index (χ0n) is 12.6. The summed E-state index contributed by atoms with van der Waals surface area (Å²) >= 11 is 0. The van der Waals surface area contributed by atoms with Gasteiger partial charge in [-0.3, -0.25) is 4.79 Å². The van der Waals surface area contributed by atoms with Gasteiger partial charge in [-0.25, -0.2) is 0 Å². The highest BCUT2D eigenvalue weighted by atomic mass is 16.5. The number of carbonyl (C=O) groups excluding carboxylic acids is 1. The number of ether oxygens (including phenoxy) is 1. The number of aryl methyl sites for hydroxylation is 2. The SMILES string of the molecule is COc1ccc(CCCNC(=O)c2cccc(C)c2)cc1. The molecule has 0 heterocycles. The smallest absolute Gasteiger partial charge is 0.251 e. The minimum Gasteiger partial charge on any atom is -0.497 e. The Morgan fingerprint density at radius 2 is 1.90 bits per heavy atom. The predicted octanol–water partition coefficient (Wildman–Crippen LogP) is 3.37. The lowest BCUT2D eigenvalue weighted by molar-refractivity contribution is 0.0953. The van der Waals surface area contributed by atoms with Crippen LogP contribution in [0.1, 0.15) is 27.9 Å². The highest BCUT2D eigenvalue weighted by molar-refractivity contribution is 5.94. The van der Waals surface area contributed by atoms with Crippen molar-refractivity contribution >= 4 is 5.91 Å². The molecule has 2 aromatic rings. The van der Waals surface area contributed by atoms with Gasteiger partial charge in [-0.1, -0.05) is 29.8 Å². The average molecular weight is 283 g/mol. The Morgan fingerprint density at radius 3 is 2.57 bits per heavy atom. The van der Waals surface area contributed by atoms with Crippen LogP contribution in [0.2, 0.25) is 0 Å². The van der Waals surface area contributed by atoms with Crippen LogP contribution in [0.5, 0.6) is 5.75 Å². The van der Waals surface area contributed by atoms with Crippen molar-refractivity contribution in [3.63, 3.8) is 0 Å². The van der Waals surface area contributed by atoms with E-state index in [2.05, 4.69) is 17.4 Å². The Morgan fingerprint density at radius 1 is 1.14 bits per heavy atom. The number of amides is 1. The third-order valence-corrected chi connectivity index (χ3v) is 3.37. The van der Waals surface area contributed by atoms with Crippen molar-refractivity contribution in [2.75, 3.05) is 13.7 Å². The number of benzene rings is 2. The molecule has 0 fully saturated rings. The predicted molar refractivity (Wildman–Crippen MR) is 84.8 cm³/mol. The first-order valence-electron chi connectivity index (χ1n) is 7.17. The van der Waals surface area contributed by atoms with Gasteiger partial charge in [0.2, 0.25) is 0 Å². The van der Waals surface area contributed by atoms with E-state index in [-0.39, 0.29) is 5.91 Å². The van der Waals surface area contributed by atoms with Gasteiger partial charge >= 0.3 is 0 Å². The highest BCUT2D eigenvalue weighted by Gasteiger charge is 2.04. The van der Waals surface area contributed by atoms with Crippen molar-refractivity contribution in [3.05, 3.63) is 65.2 Å². The molecule has 1 N–H and O–H groups in total. The maximum atomic E-state index is 12.0. The number of hydrogen-bond donors (Lipinski definition) is 1. The lowest BCUT2D eigenvalue weighted by Gasteiger charge is -2.06. The first kappa shape index (κ1) is 15.1. The van der Waals surface area contributed by atoms with E-state index in [0.717, 1.165) is 29.7 Å². The van der Waals surface area contributed by atoms with Crippen molar-refractivity contribution in [2.45, 2.75) is 19.8 Å². The van der Waals surface area contributed by atoms with Crippen LogP contribution < -0.4 is 10.1 Å². The third-order valence-electron chi connectivity index (χ3n) is 3.37. The summed E-state index contributed by atoms with van der Waals surface area (Å²) in [5.41, 5.74) is 3.07. The first-order valence-corrected chi connectivity index (χ1v) is 7.17. The summed E-state index contributed by atoms with van der Waals surface area (Å²) in [5.74, 6) is 0.861. The third kappa shape index (κ3) is 4.63. The van der Waals surface area contributed by atoms with Gasteiger partial charge in [0, 0.05) is 12.1 Å². The van der Waals surface area contributed by atoms with Crippen molar-refractivity contribution in [1.29, 1.82) is 0 Å². The molecule has 0 saturated heterocycles. The van der Waals surface area contributed by atoms with E-state index in [0.29, 0.717) is 6.54 Å². The standard InChI is InChI=1S/C18H21NO2/c1-14-5-3-7-16(13-14)18(20)19-12-4-6-15-8-10-17(21-2)11-9-15/h3,5,7-11,13H,4,6,12H2,1-2H3,(H,19,20). The second-order valence-electron chi connectivity index (χ2n) is 5.08. The number of hydrogen-bond acceptors (Lipinski definition) is 2. The lowest BCUT2D eigenvalue weighted by Crippen LogP contribution is -2.24. The monoisotopic (exact) mass is 283 g/mol. The number of rotatable bonds is 6. The van der Waals surface area contributed by atoms with Gasteiger partial charge in [0.25, 0.3) is 5.91 Å². The second-order valence-corrected chi connectivity index (χ2v) is 5.08. The largest absolute Gasteiger partial charge is 0.497 e. The normalized spacial score (nSPS) is 10.2. The van der Waals surface area contributed by atoms with E-state index in [1.807, 2.05) is 43.3 Å². The molecular formula is C18H21NO2. The molecule has 0 unspecified atom stereocenters. The van der Waals surface area contributed by atoms with Crippen LogP contribution in [0.3, 0.4) is 0 Å². The van der Waals surface area contributed by atoms with Crippen LogP contribution in [-0.4, -0.2) is 19.6 Å². The van der Waals surface area contributed by atoms with Gasteiger partial charge in [-0.05, 0) is 49.6 Å². The van der Waals surface area contributed by atoms with Crippen molar-refractivity contribution in [3.8, 4) is 5.75 Å². The number of carbonyl (C=O) groups is 1. The molecule has 2 rings (SSSR count). The van der Waals surface area contributed by atoms with Crippen molar-refractivity contribution in [2.24, 2.45) is 0 Å². The maximum absolute atomic E-state index is 12.0. The Kier molecular flexibility index (Phi) is 5.38. The summed E-state index contributed by atoms with van der Waals surface area (Å²) in [5, 5.41) is 2.96. The minimum atomic E-state index is -0.00608. The summed E-state index contributed by atoms with van der Waals surface area (Å²) in [7, 11) is 1.66. The van der Waals surface area contributed by atoms with Gasteiger partial charge in [-0.15, -0.1) is 0 Å². The molecular weight excluding hydrogens is 262 g/mol. The molecule has 3 heteroatoms. The van der Waals surface area contributed by atoms with Crippen molar-refractivity contribution in [1.82, 2.24) is 5.32 Å². The van der Waals surface area contributed by atoms with Crippen LogP contribution in [0.4, 0.5) is 0 Å². The molecule has 0 bridgehead atoms. The van der Waals surface area contributed by atoms with Gasteiger partial charge in [0.15, 0.2) is 0 Å². The lowest BCUT2D eigenvalue weighted by atomic mass is 10.1. The fourth-order valence-corrected chi connectivity index (χ4v) is 2.17. The zero-order chi connectivity index (χ0) is 15.1. The van der Waals surface area contributed by atoms with E-state index in [4.69, 9.17) is 4.74 Å². The van der Waals surface area contributed by atoms with Gasteiger partial charge in [0.05, 0.1) is 7.11 Å². The van der Waals surface area contributed by atoms with Crippen molar-refractivity contribution < 1.29 is 9.53 Å². The summed E-state index contributed by atoms with van der Waals surface area (Å²) in [6.07, 6.45) is 1.86.